The molecule has 6 rings (SSSR count). The lowest BCUT2D eigenvalue weighted by molar-refractivity contribution is -0.126. The Morgan fingerprint density at radius 1 is 1.15 bits per heavy atom. The minimum atomic E-state index is 0.163. The zero-order valence-electron chi connectivity index (χ0n) is 25.3. The summed E-state index contributed by atoms with van der Waals surface area (Å²) in [5, 5.41) is 12.6. The smallest absolute Gasteiger partial charge is 0.223 e. The molecule has 1 N–H and O–H groups in total. The average Bonchev–Trinajstić information content (AvgIpc) is 3.65. The molecule has 1 amide bonds. The predicted molar refractivity (Wildman–Crippen MR) is 167 cm³/mol. The third-order valence-corrected chi connectivity index (χ3v) is 12.1. The van der Waals surface area contributed by atoms with E-state index in [-0.39, 0.29) is 12.0 Å². The van der Waals surface area contributed by atoms with Crippen LogP contribution < -0.4 is 5.32 Å². The van der Waals surface area contributed by atoms with Crippen LogP contribution in [0.4, 0.5) is 0 Å². The van der Waals surface area contributed by atoms with Crippen molar-refractivity contribution in [2.45, 2.75) is 129 Å². The number of nitrogens with one attached hydrogen (secondary N) is 1. The molecule has 3 heterocycles. The van der Waals surface area contributed by atoms with Crippen molar-refractivity contribution in [2.24, 2.45) is 33.9 Å². The highest BCUT2D eigenvalue weighted by Crippen LogP contribution is 2.49. The largest absolute Gasteiger partial charge is 0.348 e. The zero-order valence-corrected chi connectivity index (χ0v) is 26.1. The van der Waals surface area contributed by atoms with Gasteiger partial charge >= 0.3 is 0 Å². The van der Waals surface area contributed by atoms with Crippen molar-refractivity contribution >= 4 is 28.7 Å². The summed E-state index contributed by atoms with van der Waals surface area (Å²) >= 11 is 1.98. The highest BCUT2D eigenvalue weighted by molar-refractivity contribution is 7.12. The fourth-order valence-electron chi connectivity index (χ4n) is 8.37. The molecule has 3 fully saturated rings. The highest BCUT2D eigenvalue weighted by atomic mass is 32.1. The van der Waals surface area contributed by atoms with Gasteiger partial charge in [-0.15, -0.1) is 11.3 Å². The van der Waals surface area contributed by atoms with Gasteiger partial charge < -0.3 is 5.32 Å². The fourth-order valence-corrected chi connectivity index (χ4v) is 9.71. The van der Waals surface area contributed by atoms with Crippen LogP contribution in [0.2, 0.25) is 0 Å². The molecular weight excluding hydrogens is 512 g/mol. The van der Waals surface area contributed by atoms with Gasteiger partial charge in [0.1, 0.15) is 0 Å². The van der Waals surface area contributed by atoms with Gasteiger partial charge in [-0.05, 0) is 99.7 Å². The van der Waals surface area contributed by atoms with E-state index in [2.05, 4.69) is 60.3 Å². The van der Waals surface area contributed by atoms with Gasteiger partial charge in [0.15, 0.2) is 0 Å². The Labute approximate surface area is 246 Å². The Morgan fingerprint density at radius 2 is 1.98 bits per heavy atom. The molecule has 2 saturated carbocycles. The van der Waals surface area contributed by atoms with E-state index in [0.29, 0.717) is 29.8 Å². The fraction of sp³-hybridized carbons (Fsp3) is 0.735. The second kappa shape index (κ2) is 12.2. The number of amides is 1. The number of likely N-dealkylation sites (tertiary alicyclic amines) is 1. The lowest BCUT2D eigenvalue weighted by Gasteiger charge is -2.53. The molecule has 6 heteroatoms. The van der Waals surface area contributed by atoms with Crippen LogP contribution >= 0.6 is 11.3 Å². The minimum absolute atomic E-state index is 0.163. The Bertz CT molecular complexity index is 1150. The summed E-state index contributed by atoms with van der Waals surface area (Å²) in [6, 6.07) is 3.98. The van der Waals surface area contributed by atoms with E-state index in [0.717, 1.165) is 43.9 Å². The van der Waals surface area contributed by atoms with Crippen molar-refractivity contribution in [1.82, 2.24) is 10.2 Å². The molecule has 218 valence electrons. The lowest BCUT2D eigenvalue weighted by Crippen LogP contribution is -2.61. The van der Waals surface area contributed by atoms with Crippen molar-refractivity contribution in [3.05, 3.63) is 33.0 Å². The summed E-state index contributed by atoms with van der Waals surface area (Å²) in [7, 11) is 0. The number of aryl methyl sites for hydroxylation is 2. The van der Waals surface area contributed by atoms with Crippen LogP contribution in [0.1, 0.15) is 120 Å². The van der Waals surface area contributed by atoms with Crippen LogP contribution in [-0.4, -0.2) is 40.9 Å². The zero-order chi connectivity index (χ0) is 27.8. The van der Waals surface area contributed by atoms with Crippen molar-refractivity contribution in [3.8, 4) is 0 Å². The van der Waals surface area contributed by atoms with Gasteiger partial charge in [0.25, 0.3) is 0 Å². The number of allylic oxidation sites excluding steroid dienone is 2. The highest BCUT2D eigenvalue weighted by Gasteiger charge is 2.51. The first kappa shape index (κ1) is 28.3. The summed E-state index contributed by atoms with van der Waals surface area (Å²) in [5.41, 5.74) is 5.27. The second-order valence-electron chi connectivity index (χ2n) is 13.6. The molecule has 0 bridgehead atoms. The molecule has 0 radical (unpaired) electrons. The molecule has 0 aromatic carbocycles. The van der Waals surface area contributed by atoms with Crippen molar-refractivity contribution in [3.63, 3.8) is 0 Å². The summed E-state index contributed by atoms with van der Waals surface area (Å²) in [5.74, 6) is 2.44. The number of fused-ring (bicyclic) bond motifs is 2. The maximum Gasteiger partial charge on any atom is 0.223 e. The predicted octanol–water partition coefficient (Wildman–Crippen LogP) is 7.66. The van der Waals surface area contributed by atoms with Crippen molar-refractivity contribution in [2.75, 3.05) is 6.54 Å². The van der Waals surface area contributed by atoms with Crippen LogP contribution in [0, 0.1) is 23.7 Å². The SMILES string of the molecule is CCC1C2CC(/C=C3/CC(C(C)C)=NN=C3C)CC2N1CC[C@H](NC(=O)C1CCCCC1)c1cc2c(s1)CCC2. The number of hydrogen-bond acceptors (Lipinski definition) is 5. The molecule has 4 unspecified atom stereocenters. The Morgan fingerprint density at radius 3 is 2.73 bits per heavy atom. The van der Waals surface area contributed by atoms with Gasteiger partial charge in [-0.25, -0.2) is 0 Å². The molecule has 5 atom stereocenters. The summed E-state index contributed by atoms with van der Waals surface area (Å²) in [6.45, 7) is 10.0. The Balaban J connectivity index is 1.12. The third-order valence-electron chi connectivity index (χ3n) is 10.7. The van der Waals surface area contributed by atoms with Crippen LogP contribution in [0.15, 0.2) is 27.9 Å². The van der Waals surface area contributed by atoms with E-state index >= 15 is 0 Å². The van der Waals surface area contributed by atoms with E-state index in [9.17, 15) is 4.79 Å². The quantitative estimate of drug-likeness (QED) is 0.336. The summed E-state index contributed by atoms with van der Waals surface area (Å²) < 4.78 is 0. The molecule has 1 aromatic heterocycles. The number of nitrogens with zero attached hydrogens (tertiary/aromatic N) is 3. The maximum absolute atomic E-state index is 13.4. The van der Waals surface area contributed by atoms with E-state index in [1.165, 1.54) is 73.9 Å². The first-order chi connectivity index (χ1) is 19.4. The standard InChI is InChI=1S/C34H50N4OS/c1-5-30-27-17-23(16-26-19-29(21(2)3)37-36-22(26)4)18-31(27)38(30)15-14-28(33-20-25-12-9-13-32(25)40-33)35-34(39)24-10-7-6-8-11-24/h16,20-21,23-24,27-28,30-31H,5-15,17-19H2,1-4H3,(H,35,39)/b26-16-/t23?,27?,28-,30?,31?/m0/s1. The van der Waals surface area contributed by atoms with E-state index in [1.807, 2.05) is 11.3 Å². The number of carbonyl (C=O) groups excluding carboxylic acids is 1. The van der Waals surface area contributed by atoms with E-state index in [4.69, 9.17) is 0 Å². The topological polar surface area (TPSA) is 57.1 Å². The first-order valence-electron chi connectivity index (χ1n) is 16.4. The van der Waals surface area contributed by atoms with Crippen LogP contribution in [0.25, 0.3) is 0 Å². The molecule has 3 aliphatic carbocycles. The number of thiophene rings is 1. The lowest BCUT2D eigenvalue weighted by atomic mass is 9.80. The monoisotopic (exact) mass is 562 g/mol. The van der Waals surface area contributed by atoms with Gasteiger partial charge in [0.2, 0.25) is 5.91 Å². The summed E-state index contributed by atoms with van der Waals surface area (Å²) in [4.78, 5) is 19.2. The molecule has 1 saturated heterocycles. The van der Waals surface area contributed by atoms with Gasteiger partial charge in [-0.1, -0.05) is 46.1 Å². The Kier molecular flexibility index (Phi) is 8.65. The first-order valence-corrected chi connectivity index (χ1v) is 17.2. The second-order valence-corrected chi connectivity index (χ2v) is 14.8. The maximum atomic E-state index is 13.4. The minimum Gasteiger partial charge on any atom is -0.348 e. The molecule has 2 aliphatic heterocycles. The number of carbonyl (C=O) groups is 1. The number of hydrogen-bond donors (Lipinski definition) is 1. The third kappa shape index (κ3) is 5.77. The van der Waals surface area contributed by atoms with Crippen molar-refractivity contribution in [1.29, 1.82) is 0 Å². The molecule has 0 spiro atoms. The van der Waals surface area contributed by atoms with E-state index in [1.54, 1.807) is 10.4 Å². The van der Waals surface area contributed by atoms with Gasteiger partial charge in [-0.3, -0.25) is 9.69 Å². The van der Waals surface area contributed by atoms with Crippen LogP contribution in [0.5, 0.6) is 0 Å². The average molecular weight is 563 g/mol. The van der Waals surface area contributed by atoms with Crippen molar-refractivity contribution < 1.29 is 4.79 Å². The normalized spacial score (nSPS) is 30.6. The van der Waals surface area contributed by atoms with Crippen LogP contribution in [-0.2, 0) is 17.6 Å². The number of rotatable bonds is 9. The molecule has 5 aliphatic rings. The molecule has 1 aromatic rings. The molecule has 5 nitrogen and oxygen atoms in total. The van der Waals surface area contributed by atoms with Gasteiger partial charge in [-0.2, -0.15) is 10.2 Å². The summed E-state index contributed by atoms with van der Waals surface area (Å²) in [6.07, 6.45) is 17.9. The Hall–Kier alpha value is -1.79. The molecule has 40 heavy (non-hydrogen) atoms. The van der Waals surface area contributed by atoms with Gasteiger partial charge in [0.05, 0.1) is 11.8 Å². The van der Waals surface area contributed by atoms with E-state index < -0.39 is 0 Å². The van der Waals surface area contributed by atoms with Gasteiger partial charge in [0, 0.05) is 46.4 Å². The van der Waals surface area contributed by atoms with Crippen LogP contribution in [0.3, 0.4) is 0 Å². The molecular formula is C34H50N4OS.